The molecule has 0 aliphatic carbocycles. The zero-order valence-electron chi connectivity index (χ0n) is 14.2. The zero-order chi connectivity index (χ0) is 17.2. The first-order chi connectivity index (χ1) is 11.4. The van der Waals surface area contributed by atoms with Gasteiger partial charge in [0.2, 0.25) is 0 Å². The summed E-state index contributed by atoms with van der Waals surface area (Å²) in [6, 6.07) is 6.07. The Labute approximate surface area is 146 Å². The van der Waals surface area contributed by atoms with Crippen molar-refractivity contribution in [3.05, 3.63) is 36.0 Å². The number of thiophene rings is 1. The van der Waals surface area contributed by atoms with Gasteiger partial charge in [-0.3, -0.25) is 4.98 Å². The maximum Gasteiger partial charge on any atom is 0.410 e. The molecule has 0 bridgehead atoms. The smallest absolute Gasteiger partial charge is 0.410 e. The van der Waals surface area contributed by atoms with E-state index in [2.05, 4.69) is 11.1 Å². The van der Waals surface area contributed by atoms with Crippen LogP contribution in [0, 0.1) is 0 Å². The molecule has 6 heteroatoms. The van der Waals surface area contributed by atoms with Crippen LogP contribution in [0.15, 0.2) is 36.0 Å². The Kier molecular flexibility index (Phi) is 4.76. The van der Waals surface area contributed by atoms with Crippen molar-refractivity contribution in [1.82, 2.24) is 9.88 Å². The van der Waals surface area contributed by atoms with Gasteiger partial charge in [-0.25, -0.2) is 4.79 Å². The summed E-state index contributed by atoms with van der Waals surface area (Å²) in [6.07, 6.45) is 4.03. The summed E-state index contributed by atoms with van der Waals surface area (Å²) < 4.78 is 11.4. The van der Waals surface area contributed by atoms with Gasteiger partial charge in [0.15, 0.2) is 0 Å². The van der Waals surface area contributed by atoms with Crippen LogP contribution in [0.3, 0.4) is 0 Å². The molecule has 2 aromatic heterocycles. The molecule has 1 fully saturated rings. The predicted molar refractivity (Wildman–Crippen MR) is 94.4 cm³/mol. The minimum atomic E-state index is -0.477. The number of pyridine rings is 1. The second kappa shape index (κ2) is 6.81. The van der Waals surface area contributed by atoms with Gasteiger partial charge in [-0.15, -0.1) is 11.3 Å². The quantitative estimate of drug-likeness (QED) is 0.836. The second-order valence-corrected chi connectivity index (χ2v) is 7.79. The molecule has 0 saturated carbocycles. The molecular formula is C18H22N2O3S. The molecule has 128 valence electrons. The van der Waals surface area contributed by atoms with Crippen LogP contribution in [0.25, 0.3) is 10.4 Å². The Morgan fingerprint density at radius 2 is 2.21 bits per heavy atom. The SMILES string of the molecule is CC(C)(C)OC(=O)N1CC[C@@H](Oc2cncc(-c3cccs3)c2)C1. The monoisotopic (exact) mass is 346 g/mol. The highest BCUT2D eigenvalue weighted by atomic mass is 32.1. The molecule has 24 heavy (non-hydrogen) atoms. The van der Waals surface area contributed by atoms with Crippen LogP contribution in [0.4, 0.5) is 4.79 Å². The number of carbonyl (C=O) groups excluding carboxylic acids is 1. The molecule has 5 nitrogen and oxygen atoms in total. The van der Waals surface area contributed by atoms with Crippen molar-refractivity contribution in [2.45, 2.75) is 38.9 Å². The van der Waals surface area contributed by atoms with E-state index in [1.54, 1.807) is 22.4 Å². The van der Waals surface area contributed by atoms with Gasteiger partial charge in [0.1, 0.15) is 17.5 Å². The van der Waals surface area contributed by atoms with E-state index < -0.39 is 5.60 Å². The van der Waals surface area contributed by atoms with Crippen molar-refractivity contribution in [2.75, 3.05) is 13.1 Å². The summed E-state index contributed by atoms with van der Waals surface area (Å²) in [5.74, 6) is 0.733. The van der Waals surface area contributed by atoms with E-state index in [0.717, 1.165) is 22.6 Å². The van der Waals surface area contributed by atoms with Gasteiger partial charge < -0.3 is 14.4 Å². The average molecular weight is 346 g/mol. The molecule has 2 aromatic rings. The lowest BCUT2D eigenvalue weighted by Gasteiger charge is -2.24. The van der Waals surface area contributed by atoms with Crippen molar-refractivity contribution in [3.8, 4) is 16.2 Å². The predicted octanol–water partition coefficient (Wildman–Crippen LogP) is 4.20. The fourth-order valence-corrected chi connectivity index (χ4v) is 3.28. The topological polar surface area (TPSA) is 51.7 Å². The maximum absolute atomic E-state index is 12.1. The second-order valence-electron chi connectivity index (χ2n) is 6.84. The number of nitrogens with zero attached hydrogens (tertiary/aromatic N) is 2. The summed E-state index contributed by atoms with van der Waals surface area (Å²) in [4.78, 5) is 19.2. The highest BCUT2D eigenvalue weighted by Crippen LogP contribution is 2.28. The lowest BCUT2D eigenvalue weighted by Crippen LogP contribution is -2.36. The lowest BCUT2D eigenvalue weighted by atomic mass is 10.2. The first-order valence-corrected chi connectivity index (χ1v) is 8.92. The number of carbonyl (C=O) groups is 1. The Morgan fingerprint density at radius 1 is 1.38 bits per heavy atom. The van der Waals surface area contributed by atoms with E-state index >= 15 is 0 Å². The number of aromatic nitrogens is 1. The van der Waals surface area contributed by atoms with E-state index in [0.29, 0.717) is 13.1 Å². The van der Waals surface area contributed by atoms with Crippen LogP contribution in [0.5, 0.6) is 5.75 Å². The minimum absolute atomic E-state index is 0.0297. The number of amides is 1. The molecule has 0 radical (unpaired) electrons. The first-order valence-electron chi connectivity index (χ1n) is 8.04. The maximum atomic E-state index is 12.1. The third kappa shape index (κ3) is 4.26. The number of ether oxygens (including phenoxy) is 2. The molecule has 1 saturated heterocycles. The van der Waals surface area contributed by atoms with Crippen molar-refractivity contribution in [3.63, 3.8) is 0 Å². The molecule has 0 aromatic carbocycles. The van der Waals surface area contributed by atoms with Crippen molar-refractivity contribution in [2.24, 2.45) is 0 Å². The molecule has 1 atom stereocenters. The van der Waals surface area contributed by atoms with E-state index in [4.69, 9.17) is 9.47 Å². The first kappa shape index (κ1) is 16.8. The summed E-state index contributed by atoms with van der Waals surface area (Å²) in [5.41, 5.74) is 0.569. The molecule has 3 heterocycles. The Morgan fingerprint density at radius 3 is 2.92 bits per heavy atom. The Hall–Kier alpha value is -2.08. The van der Waals surface area contributed by atoms with Crippen LogP contribution >= 0.6 is 11.3 Å². The molecular weight excluding hydrogens is 324 g/mol. The molecule has 0 N–H and O–H groups in total. The van der Waals surface area contributed by atoms with Crippen molar-refractivity contribution < 1.29 is 14.3 Å². The van der Waals surface area contributed by atoms with E-state index in [9.17, 15) is 4.79 Å². The van der Waals surface area contributed by atoms with Crippen molar-refractivity contribution >= 4 is 17.4 Å². The van der Waals surface area contributed by atoms with Gasteiger partial charge in [-0.2, -0.15) is 0 Å². The fourth-order valence-electron chi connectivity index (χ4n) is 2.57. The van der Waals surface area contributed by atoms with Gasteiger partial charge in [0.05, 0.1) is 12.7 Å². The number of hydrogen-bond acceptors (Lipinski definition) is 5. The normalized spacial score (nSPS) is 17.8. The van der Waals surface area contributed by atoms with Crippen LogP contribution in [0.2, 0.25) is 0 Å². The van der Waals surface area contributed by atoms with Crippen LogP contribution in [-0.2, 0) is 4.74 Å². The third-order valence-electron chi connectivity index (χ3n) is 3.62. The fraction of sp³-hybridized carbons (Fsp3) is 0.444. The summed E-state index contributed by atoms with van der Waals surface area (Å²) in [6.45, 7) is 6.81. The molecule has 1 amide bonds. The van der Waals surface area contributed by atoms with E-state index in [-0.39, 0.29) is 12.2 Å². The van der Waals surface area contributed by atoms with Crippen LogP contribution < -0.4 is 4.74 Å². The average Bonchev–Trinajstić information content (AvgIpc) is 3.17. The number of hydrogen-bond donors (Lipinski definition) is 0. The highest BCUT2D eigenvalue weighted by Gasteiger charge is 2.30. The molecule has 0 unspecified atom stereocenters. The summed E-state index contributed by atoms with van der Waals surface area (Å²) in [7, 11) is 0. The number of likely N-dealkylation sites (tertiary alicyclic amines) is 1. The highest BCUT2D eigenvalue weighted by molar-refractivity contribution is 7.13. The molecule has 3 rings (SSSR count). The zero-order valence-corrected chi connectivity index (χ0v) is 15.0. The Bertz CT molecular complexity index is 695. The standard InChI is InChI=1S/C18H22N2O3S/c1-18(2,3)23-17(21)20-7-6-14(12-20)22-15-9-13(10-19-11-15)16-5-4-8-24-16/h4-5,8-11,14H,6-7,12H2,1-3H3/t14-/m1/s1. The largest absolute Gasteiger partial charge is 0.487 e. The third-order valence-corrected chi connectivity index (χ3v) is 4.54. The van der Waals surface area contributed by atoms with Gasteiger partial charge in [-0.05, 0) is 38.3 Å². The van der Waals surface area contributed by atoms with Gasteiger partial charge in [-0.1, -0.05) is 6.07 Å². The minimum Gasteiger partial charge on any atom is -0.487 e. The molecule has 0 spiro atoms. The number of rotatable bonds is 3. The van der Waals surface area contributed by atoms with E-state index in [1.807, 2.05) is 44.5 Å². The van der Waals surface area contributed by atoms with E-state index in [1.165, 1.54) is 0 Å². The summed E-state index contributed by atoms with van der Waals surface area (Å²) >= 11 is 1.67. The van der Waals surface area contributed by atoms with Crippen LogP contribution in [-0.4, -0.2) is 40.8 Å². The lowest BCUT2D eigenvalue weighted by molar-refractivity contribution is 0.0275. The van der Waals surface area contributed by atoms with Gasteiger partial charge >= 0.3 is 6.09 Å². The molecule has 1 aliphatic heterocycles. The van der Waals surface area contributed by atoms with Crippen molar-refractivity contribution in [1.29, 1.82) is 0 Å². The van der Waals surface area contributed by atoms with Gasteiger partial charge in [0.25, 0.3) is 0 Å². The summed E-state index contributed by atoms with van der Waals surface area (Å²) in [5, 5.41) is 2.04. The van der Waals surface area contributed by atoms with Crippen LogP contribution in [0.1, 0.15) is 27.2 Å². The van der Waals surface area contributed by atoms with Gasteiger partial charge in [0, 0.05) is 29.6 Å². The molecule has 1 aliphatic rings. The Balaban J connectivity index is 1.60.